The van der Waals surface area contributed by atoms with Crippen LogP contribution in [0.5, 0.6) is 0 Å². The second-order valence-corrected chi connectivity index (χ2v) is 6.65. The number of halogens is 2. The van der Waals surface area contributed by atoms with Gasteiger partial charge in [-0.05, 0) is 30.5 Å². The van der Waals surface area contributed by atoms with Crippen LogP contribution in [0.2, 0.25) is 0 Å². The van der Waals surface area contributed by atoms with Crippen molar-refractivity contribution in [2.45, 2.75) is 45.0 Å². The Hall–Kier alpha value is -2.50. The summed E-state index contributed by atoms with van der Waals surface area (Å²) in [6.45, 7) is -1.00. The van der Waals surface area contributed by atoms with Gasteiger partial charge in [0.1, 0.15) is 6.23 Å². The van der Waals surface area contributed by atoms with Gasteiger partial charge in [0.15, 0.2) is 0 Å². The molecule has 2 heterocycles. The molecule has 1 aromatic carbocycles. The summed E-state index contributed by atoms with van der Waals surface area (Å²) >= 11 is 0. The van der Waals surface area contributed by atoms with Gasteiger partial charge in [0.05, 0.1) is 29.2 Å². The minimum Gasteiger partial charge on any atom is -0.374 e. The largest absolute Gasteiger partial charge is 0.374 e. The zero-order valence-electron chi connectivity index (χ0n) is 14.4. The van der Waals surface area contributed by atoms with E-state index in [2.05, 4.69) is 10.4 Å². The fourth-order valence-electron chi connectivity index (χ4n) is 3.26. The lowest BCUT2D eigenvalue weighted by molar-refractivity contribution is 0.0585. The zero-order valence-corrected chi connectivity index (χ0v) is 14.4. The molecular formula is C18H21F2N5O. The van der Waals surface area contributed by atoms with Crippen molar-refractivity contribution in [3.8, 4) is 17.3 Å². The van der Waals surface area contributed by atoms with Gasteiger partial charge >= 0.3 is 6.55 Å². The molecule has 6 nitrogen and oxygen atoms in total. The van der Waals surface area contributed by atoms with Gasteiger partial charge < -0.3 is 16.2 Å². The van der Waals surface area contributed by atoms with Crippen LogP contribution in [0.25, 0.3) is 11.3 Å². The first-order chi connectivity index (χ1) is 12.4. The maximum absolute atomic E-state index is 13.5. The van der Waals surface area contributed by atoms with Crippen LogP contribution >= 0.6 is 0 Å². The predicted octanol–water partition coefficient (Wildman–Crippen LogP) is 3.37. The normalized spacial score (nSPS) is 23.3. The lowest BCUT2D eigenvalue weighted by Gasteiger charge is -2.24. The number of hydrogen-bond donors (Lipinski definition) is 3. The predicted molar refractivity (Wildman–Crippen MR) is 93.2 cm³/mol. The highest BCUT2D eigenvalue weighted by molar-refractivity contribution is 5.79. The molecule has 2 bridgehead atoms. The van der Waals surface area contributed by atoms with E-state index in [1.165, 1.54) is 6.20 Å². The van der Waals surface area contributed by atoms with Crippen molar-refractivity contribution in [3.05, 3.63) is 35.5 Å². The van der Waals surface area contributed by atoms with Crippen LogP contribution < -0.4 is 11.1 Å². The Bertz CT molecular complexity index is 829. The molecule has 26 heavy (non-hydrogen) atoms. The number of aliphatic hydroxyl groups excluding tert-OH is 1. The van der Waals surface area contributed by atoms with Crippen LogP contribution in [0.3, 0.4) is 0 Å². The lowest BCUT2D eigenvalue weighted by atomic mass is 9.93. The number of nitrogens with zero attached hydrogens (tertiary/aromatic N) is 3. The summed E-state index contributed by atoms with van der Waals surface area (Å²) in [4.78, 5) is 0. The molecule has 1 unspecified atom stereocenters. The Morgan fingerprint density at radius 2 is 2.19 bits per heavy atom. The van der Waals surface area contributed by atoms with Crippen LogP contribution in [0.1, 0.15) is 49.9 Å². The Morgan fingerprint density at radius 1 is 1.42 bits per heavy atom. The van der Waals surface area contributed by atoms with Gasteiger partial charge in [0, 0.05) is 17.5 Å². The summed E-state index contributed by atoms with van der Waals surface area (Å²) in [5.74, 6) is -0.0989. The van der Waals surface area contributed by atoms with E-state index in [1.807, 2.05) is 13.0 Å². The molecule has 0 saturated heterocycles. The zero-order chi connectivity index (χ0) is 18.8. The van der Waals surface area contributed by atoms with Crippen LogP contribution in [0.4, 0.5) is 14.5 Å². The van der Waals surface area contributed by atoms with E-state index in [9.17, 15) is 19.1 Å². The fourth-order valence-corrected chi connectivity index (χ4v) is 3.26. The van der Waals surface area contributed by atoms with Crippen LogP contribution in [-0.4, -0.2) is 21.1 Å². The quantitative estimate of drug-likeness (QED) is 0.723. The fraction of sp³-hybridized carbons (Fsp3) is 0.444. The number of nitrogens with one attached hydrogen (secondary N) is 1. The van der Waals surface area contributed by atoms with E-state index in [0.29, 0.717) is 16.7 Å². The Labute approximate surface area is 150 Å². The molecule has 8 heteroatoms. The van der Waals surface area contributed by atoms with Crippen LogP contribution in [-0.2, 0) is 0 Å². The van der Waals surface area contributed by atoms with Crippen molar-refractivity contribution in [1.29, 1.82) is 5.26 Å². The molecule has 0 amide bonds. The summed E-state index contributed by atoms with van der Waals surface area (Å²) in [5.41, 5.74) is 7.92. The van der Waals surface area contributed by atoms with Gasteiger partial charge in [-0.3, -0.25) is 0 Å². The third kappa shape index (κ3) is 3.41. The third-order valence-electron chi connectivity index (χ3n) is 4.84. The van der Waals surface area contributed by atoms with Crippen molar-refractivity contribution >= 4 is 5.69 Å². The van der Waals surface area contributed by atoms with Gasteiger partial charge in [-0.2, -0.15) is 19.1 Å². The number of anilines is 1. The summed E-state index contributed by atoms with van der Waals surface area (Å²) in [7, 11) is 0. The van der Waals surface area contributed by atoms with Gasteiger partial charge in [-0.1, -0.05) is 19.4 Å². The summed E-state index contributed by atoms with van der Waals surface area (Å²) in [5, 5.41) is 26.5. The Balaban J connectivity index is 2.23. The van der Waals surface area contributed by atoms with E-state index in [1.54, 1.807) is 18.2 Å². The molecule has 0 radical (unpaired) electrons. The molecule has 138 valence electrons. The second-order valence-electron chi connectivity index (χ2n) is 6.65. The molecule has 3 atom stereocenters. The third-order valence-corrected chi connectivity index (χ3v) is 4.84. The first-order valence-corrected chi connectivity index (χ1v) is 8.52. The first-order valence-electron chi connectivity index (χ1n) is 8.52. The highest BCUT2D eigenvalue weighted by Crippen LogP contribution is 2.36. The molecule has 0 fully saturated rings. The van der Waals surface area contributed by atoms with E-state index in [-0.39, 0.29) is 28.9 Å². The number of benzene rings is 1. The summed E-state index contributed by atoms with van der Waals surface area (Å²) in [6, 6.07) is 6.77. The van der Waals surface area contributed by atoms with Gasteiger partial charge in [-0.15, -0.1) is 0 Å². The first kappa shape index (κ1) is 18.3. The number of fused-ring (bicyclic) bond motifs is 4. The van der Waals surface area contributed by atoms with Crippen LogP contribution in [0, 0.1) is 17.2 Å². The second kappa shape index (κ2) is 7.40. The highest BCUT2D eigenvalue weighted by atomic mass is 19.3. The van der Waals surface area contributed by atoms with Crippen LogP contribution in [0.15, 0.2) is 24.4 Å². The molecular weight excluding hydrogens is 340 g/mol. The lowest BCUT2D eigenvalue weighted by Crippen LogP contribution is -2.27. The van der Waals surface area contributed by atoms with E-state index in [4.69, 9.17) is 5.73 Å². The van der Waals surface area contributed by atoms with Crippen molar-refractivity contribution in [3.63, 3.8) is 0 Å². The molecule has 1 aromatic heterocycles. The number of rotatable bonds is 1. The van der Waals surface area contributed by atoms with E-state index >= 15 is 0 Å². The average Bonchev–Trinajstić information content (AvgIpc) is 3.03. The van der Waals surface area contributed by atoms with E-state index in [0.717, 1.165) is 18.4 Å². The van der Waals surface area contributed by atoms with Crippen molar-refractivity contribution in [2.24, 2.45) is 11.7 Å². The number of aromatic nitrogens is 2. The molecule has 0 aliphatic carbocycles. The van der Waals surface area contributed by atoms with Crippen molar-refractivity contribution in [1.82, 2.24) is 9.78 Å². The molecule has 1 aliphatic rings. The van der Waals surface area contributed by atoms with Crippen molar-refractivity contribution < 1.29 is 13.9 Å². The standard InChI is InChI=1S/C18H21F2N5O/c1-10-3-2-4-14(22)11-5-6-12(8-21)13(7-11)16-15(24-17(10)26)9-23-25(16)18(19)20/h5-7,9-10,14,17-18,24,26H,2-4,22H2,1H3/t10-,14+,17?/m1/s1. The summed E-state index contributed by atoms with van der Waals surface area (Å²) in [6.07, 6.45) is 2.58. The Morgan fingerprint density at radius 3 is 2.88 bits per heavy atom. The maximum atomic E-state index is 13.5. The number of alkyl halides is 2. The minimum absolute atomic E-state index is 0.0671. The molecule has 0 saturated carbocycles. The maximum Gasteiger partial charge on any atom is 0.333 e. The monoisotopic (exact) mass is 361 g/mol. The van der Waals surface area contributed by atoms with E-state index < -0.39 is 12.8 Å². The number of nitrogens with two attached hydrogens (primary N) is 1. The van der Waals surface area contributed by atoms with Gasteiger partial charge in [-0.25, -0.2) is 4.68 Å². The molecule has 3 rings (SSSR count). The minimum atomic E-state index is -2.88. The Kier molecular flexibility index (Phi) is 5.20. The molecule has 2 aromatic rings. The molecule has 4 N–H and O–H groups in total. The summed E-state index contributed by atoms with van der Waals surface area (Å²) < 4.78 is 27.5. The van der Waals surface area contributed by atoms with Gasteiger partial charge in [0.2, 0.25) is 0 Å². The smallest absolute Gasteiger partial charge is 0.333 e. The molecule has 1 aliphatic heterocycles. The van der Waals surface area contributed by atoms with Gasteiger partial charge in [0.25, 0.3) is 0 Å². The number of hydrogen-bond acceptors (Lipinski definition) is 5. The van der Waals surface area contributed by atoms with Crippen molar-refractivity contribution in [2.75, 3.05) is 5.32 Å². The SMILES string of the molecule is C[C@@H]1CCC[C@H](N)c2ccc(C#N)c(c2)-c2c(cnn2C(F)F)NC1O. The number of nitriles is 1. The average molecular weight is 361 g/mol. The topological polar surface area (TPSA) is 99.9 Å². The molecule has 0 spiro atoms. The highest BCUT2D eigenvalue weighted by Gasteiger charge is 2.25. The number of aliphatic hydroxyl groups is 1.